The van der Waals surface area contributed by atoms with Crippen molar-refractivity contribution in [3.05, 3.63) is 58.6 Å². The number of allylic oxidation sites excluding steroid dienone is 4. The number of hydrogen-bond donors (Lipinski definition) is 3. The zero-order valence-electron chi connectivity index (χ0n) is 24.1. The Morgan fingerprint density at radius 1 is 1.10 bits per heavy atom. The van der Waals surface area contributed by atoms with Crippen molar-refractivity contribution in [3.63, 3.8) is 0 Å². The quantitative estimate of drug-likeness (QED) is 0.346. The average Bonchev–Trinajstić information content (AvgIpc) is 2.90. The summed E-state index contributed by atoms with van der Waals surface area (Å²) in [6, 6.07) is 0. The maximum absolute atomic E-state index is 13.3. The average molecular weight is 561 g/mol. The molecule has 2 aliphatic rings. The van der Waals surface area contributed by atoms with Crippen molar-refractivity contribution in [2.45, 2.75) is 65.0 Å². The third kappa shape index (κ3) is 8.23. The molecule has 0 radical (unpaired) electrons. The first kappa shape index (κ1) is 32.7. The number of carbonyl (C=O) groups excluding carboxylic acids is 4. The summed E-state index contributed by atoms with van der Waals surface area (Å²) in [5.74, 6) is -2.39. The van der Waals surface area contributed by atoms with Crippen LogP contribution in [0.25, 0.3) is 0 Å². The van der Waals surface area contributed by atoms with Gasteiger partial charge in [-0.1, -0.05) is 38.2 Å². The number of ketones is 2. The van der Waals surface area contributed by atoms with E-state index in [1.807, 2.05) is 6.92 Å². The van der Waals surface area contributed by atoms with Gasteiger partial charge in [0.05, 0.1) is 25.0 Å². The zero-order chi connectivity index (χ0) is 30.1. The summed E-state index contributed by atoms with van der Waals surface area (Å²) < 4.78 is 21.7. The molecule has 4 N–H and O–H groups in total. The van der Waals surface area contributed by atoms with Crippen LogP contribution in [0.3, 0.4) is 0 Å². The highest BCUT2D eigenvalue weighted by Crippen LogP contribution is 2.29. The fourth-order valence-corrected chi connectivity index (χ4v) is 4.78. The van der Waals surface area contributed by atoms with E-state index in [1.54, 1.807) is 32.1 Å². The summed E-state index contributed by atoms with van der Waals surface area (Å²) in [6.45, 7) is 6.92. The minimum absolute atomic E-state index is 0.0801. The fraction of sp³-hybridized carbons (Fsp3) is 0.517. The molecule has 1 aliphatic heterocycles. The maximum Gasteiger partial charge on any atom is 0.405 e. The molecule has 0 saturated carbocycles. The van der Waals surface area contributed by atoms with Crippen molar-refractivity contribution in [2.24, 2.45) is 17.6 Å². The number of primary amides is 1. The van der Waals surface area contributed by atoms with E-state index in [-0.39, 0.29) is 34.9 Å². The molecule has 11 heteroatoms. The molecule has 1 aliphatic carbocycles. The number of amides is 2. The van der Waals surface area contributed by atoms with Crippen LogP contribution in [0.4, 0.5) is 4.79 Å². The first-order valence-electron chi connectivity index (χ1n) is 13.0. The number of nitrogens with one attached hydrogen (secondary N) is 1. The van der Waals surface area contributed by atoms with Crippen molar-refractivity contribution in [2.75, 3.05) is 21.3 Å². The molecule has 6 atom stereocenters. The van der Waals surface area contributed by atoms with E-state index in [0.29, 0.717) is 12.0 Å². The zero-order valence-corrected chi connectivity index (χ0v) is 24.1. The van der Waals surface area contributed by atoms with Gasteiger partial charge >= 0.3 is 6.09 Å². The van der Waals surface area contributed by atoms with Crippen molar-refractivity contribution in [1.29, 1.82) is 0 Å². The van der Waals surface area contributed by atoms with Crippen LogP contribution in [-0.2, 0) is 33.3 Å². The molecule has 220 valence electrons. The van der Waals surface area contributed by atoms with Gasteiger partial charge in [0.15, 0.2) is 11.9 Å². The number of Topliss-reactive ketones (excluding diaryl/α,β-unsaturated/α-hetero) is 1. The van der Waals surface area contributed by atoms with Crippen molar-refractivity contribution in [3.8, 4) is 0 Å². The van der Waals surface area contributed by atoms with Crippen LogP contribution >= 0.6 is 0 Å². The van der Waals surface area contributed by atoms with Crippen LogP contribution in [0, 0.1) is 11.8 Å². The number of aliphatic hydroxyl groups is 1. The Morgan fingerprint density at radius 2 is 1.77 bits per heavy atom. The van der Waals surface area contributed by atoms with Crippen molar-refractivity contribution >= 4 is 23.6 Å². The normalized spacial score (nSPS) is 32.7. The van der Waals surface area contributed by atoms with Crippen LogP contribution in [0.2, 0.25) is 0 Å². The molecule has 0 unspecified atom stereocenters. The minimum atomic E-state index is -1.00. The Morgan fingerprint density at radius 3 is 2.35 bits per heavy atom. The van der Waals surface area contributed by atoms with E-state index in [2.05, 4.69) is 5.32 Å². The third-order valence-electron chi connectivity index (χ3n) is 6.95. The van der Waals surface area contributed by atoms with Crippen LogP contribution in [0.1, 0.15) is 40.5 Å². The molecule has 0 fully saturated rings. The Labute approximate surface area is 234 Å². The standard InChI is InChI=1S/C29H40N2O9/c1-15-11-19-25(34)20(14-21(32)27(19)39-7)31-28(35)16(2)9-8-10-22(37-5)26(40-29(30)36)18(4)13-17(3)24(33)23(12-15)38-6/h8-10,13-15,17,22-24,26,33H,11-12H2,1-7H3,(H2,30,36)(H,31,35)/b10-8+,16-9-,18-13+/t15-,17+,22+,23+,24+,26-/m0/s1. The summed E-state index contributed by atoms with van der Waals surface area (Å²) in [7, 11) is 4.21. The lowest BCUT2D eigenvalue weighted by Crippen LogP contribution is -2.37. The minimum Gasteiger partial charge on any atom is -0.492 e. The van der Waals surface area contributed by atoms with Gasteiger partial charge in [0, 0.05) is 37.4 Å². The highest BCUT2D eigenvalue weighted by atomic mass is 16.6. The largest absolute Gasteiger partial charge is 0.492 e. The summed E-state index contributed by atoms with van der Waals surface area (Å²) in [5.41, 5.74) is 6.12. The first-order valence-corrected chi connectivity index (χ1v) is 13.0. The van der Waals surface area contributed by atoms with E-state index >= 15 is 0 Å². The lowest BCUT2D eigenvalue weighted by molar-refractivity contribution is -0.120. The Bertz CT molecular complexity index is 1150. The fourth-order valence-electron chi connectivity index (χ4n) is 4.78. The van der Waals surface area contributed by atoms with Crippen molar-refractivity contribution < 1.29 is 43.2 Å². The van der Waals surface area contributed by atoms with E-state index in [0.717, 1.165) is 6.08 Å². The number of aliphatic hydroxyl groups excluding tert-OH is 1. The highest BCUT2D eigenvalue weighted by Gasteiger charge is 2.34. The third-order valence-corrected chi connectivity index (χ3v) is 6.95. The van der Waals surface area contributed by atoms with Gasteiger partial charge in [0.1, 0.15) is 6.10 Å². The van der Waals surface area contributed by atoms with E-state index < -0.39 is 53.9 Å². The lowest BCUT2D eigenvalue weighted by Gasteiger charge is -2.29. The molecular formula is C29H40N2O9. The van der Waals surface area contributed by atoms with Gasteiger partial charge in [-0.3, -0.25) is 14.4 Å². The summed E-state index contributed by atoms with van der Waals surface area (Å²) in [4.78, 5) is 50.6. The number of methoxy groups -OCH3 is 3. The molecule has 40 heavy (non-hydrogen) atoms. The van der Waals surface area contributed by atoms with Gasteiger partial charge < -0.3 is 35.1 Å². The smallest absolute Gasteiger partial charge is 0.405 e. The predicted molar refractivity (Wildman–Crippen MR) is 147 cm³/mol. The van der Waals surface area contributed by atoms with Gasteiger partial charge in [0.25, 0.3) is 5.91 Å². The predicted octanol–water partition coefficient (Wildman–Crippen LogP) is 2.41. The SMILES string of the molecule is COC1=C2C[C@H](C)C[C@@H](OC)[C@H](O)[C@H](C)/C=C(\C)[C@H](OC(N)=O)[C@H](OC)/C=C/C=C(/C)C(=O)NC(=CC1=O)C2=O. The number of carbonyl (C=O) groups is 4. The molecular weight excluding hydrogens is 520 g/mol. The molecule has 2 rings (SSSR count). The van der Waals surface area contributed by atoms with Crippen molar-refractivity contribution in [1.82, 2.24) is 5.32 Å². The number of rotatable bonds is 4. The maximum atomic E-state index is 13.3. The molecule has 0 spiro atoms. The molecule has 0 aromatic carbocycles. The molecule has 0 aromatic rings. The summed E-state index contributed by atoms with van der Waals surface area (Å²) >= 11 is 0. The number of fused-ring (bicyclic) bond motifs is 2. The molecule has 0 saturated heterocycles. The van der Waals surface area contributed by atoms with Gasteiger partial charge in [-0.25, -0.2) is 4.79 Å². The second-order valence-electron chi connectivity index (χ2n) is 10.1. The molecule has 2 bridgehead atoms. The summed E-state index contributed by atoms with van der Waals surface area (Å²) in [6.07, 6.45) is 3.61. The molecule has 11 nitrogen and oxygen atoms in total. The monoisotopic (exact) mass is 560 g/mol. The second-order valence-corrected chi connectivity index (χ2v) is 10.1. The van der Waals surface area contributed by atoms with Crippen LogP contribution in [-0.4, -0.2) is 74.4 Å². The van der Waals surface area contributed by atoms with E-state index in [9.17, 15) is 24.3 Å². The van der Waals surface area contributed by atoms with E-state index in [4.69, 9.17) is 24.7 Å². The van der Waals surface area contributed by atoms with Crippen LogP contribution in [0.15, 0.2) is 58.6 Å². The second kappa shape index (κ2) is 14.7. The first-order chi connectivity index (χ1) is 18.8. The highest BCUT2D eigenvalue weighted by molar-refractivity contribution is 6.23. The topological polar surface area (TPSA) is 163 Å². The molecule has 1 heterocycles. The Hall–Kier alpha value is -3.54. The molecule has 0 aromatic heterocycles. The van der Waals surface area contributed by atoms with Crippen LogP contribution < -0.4 is 11.1 Å². The number of hydrogen-bond acceptors (Lipinski definition) is 9. The number of nitrogens with two attached hydrogens (primary N) is 1. The summed E-state index contributed by atoms with van der Waals surface area (Å²) in [5, 5.41) is 13.7. The van der Waals surface area contributed by atoms with E-state index in [1.165, 1.54) is 34.3 Å². The van der Waals surface area contributed by atoms with Crippen LogP contribution in [0.5, 0.6) is 0 Å². The van der Waals surface area contributed by atoms with Gasteiger partial charge in [-0.2, -0.15) is 0 Å². The van der Waals surface area contributed by atoms with Gasteiger partial charge in [-0.15, -0.1) is 0 Å². The Balaban J connectivity index is 2.60. The lowest BCUT2D eigenvalue weighted by atomic mass is 9.85. The molecule has 2 amide bonds. The number of ether oxygens (including phenoxy) is 4. The van der Waals surface area contributed by atoms with Gasteiger partial charge in [-0.05, 0) is 38.2 Å². The van der Waals surface area contributed by atoms with Gasteiger partial charge in [0.2, 0.25) is 11.6 Å². The Kier molecular flexibility index (Phi) is 12.0.